The molecule has 120 valence electrons. The van der Waals surface area contributed by atoms with Crippen LogP contribution in [-0.2, 0) is 6.54 Å². The molecular weight excluding hydrogens is 334 g/mol. The van der Waals surface area contributed by atoms with E-state index in [1.54, 1.807) is 11.3 Å². The summed E-state index contributed by atoms with van der Waals surface area (Å²) in [5, 5.41) is 5.16. The highest BCUT2D eigenvalue weighted by molar-refractivity contribution is 7.80. The fraction of sp³-hybridized carbons (Fsp3) is 0.158. The highest BCUT2D eigenvalue weighted by Gasteiger charge is 2.16. The minimum atomic E-state index is 0.591. The molecule has 0 unspecified atom stereocenters. The molecule has 3 nitrogen and oxygen atoms in total. The van der Waals surface area contributed by atoms with Crippen LogP contribution in [0.4, 0.5) is 11.4 Å². The number of fused-ring (bicyclic) bond motifs is 1. The maximum atomic E-state index is 5.52. The van der Waals surface area contributed by atoms with Crippen molar-refractivity contribution < 1.29 is 4.57 Å². The van der Waals surface area contributed by atoms with Crippen molar-refractivity contribution >= 4 is 50.3 Å². The first-order valence-corrected chi connectivity index (χ1v) is 8.79. The van der Waals surface area contributed by atoms with Crippen molar-refractivity contribution in [3.05, 3.63) is 53.5 Å². The van der Waals surface area contributed by atoms with E-state index in [0.29, 0.717) is 11.7 Å². The molecule has 3 aromatic rings. The van der Waals surface area contributed by atoms with Crippen LogP contribution in [0, 0.1) is 19.3 Å². The molecular formula is C19H18N3S2+. The minimum absolute atomic E-state index is 0.591. The lowest BCUT2D eigenvalue weighted by atomic mass is 10.3. The van der Waals surface area contributed by atoms with E-state index in [1.807, 2.05) is 48.3 Å². The Morgan fingerprint density at radius 3 is 2.75 bits per heavy atom. The van der Waals surface area contributed by atoms with Gasteiger partial charge in [-0.1, -0.05) is 29.5 Å². The Hall–Kier alpha value is -2.42. The standard InChI is InChI=1S/C19H17N3S2/c1-4-12-22-14(2)24-18-13-15(10-11-17(18)22)20-19(23)21(3)16-8-6-5-7-9-16/h1,5-11,13H,12H2,2-3H3/p+1. The van der Waals surface area contributed by atoms with Gasteiger partial charge in [-0.2, -0.15) is 4.57 Å². The Morgan fingerprint density at radius 2 is 2.04 bits per heavy atom. The van der Waals surface area contributed by atoms with Crippen LogP contribution in [0.5, 0.6) is 0 Å². The third-order valence-electron chi connectivity index (χ3n) is 3.84. The largest absolute Gasteiger partial charge is 0.332 e. The van der Waals surface area contributed by atoms with Gasteiger partial charge >= 0.3 is 0 Å². The number of para-hydroxylation sites is 1. The highest BCUT2D eigenvalue weighted by Crippen LogP contribution is 2.24. The van der Waals surface area contributed by atoms with E-state index in [4.69, 9.17) is 18.6 Å². The average Bonchev–Trinajstić information content (AvgIpc) is 2.90. The van der Waals surface area contributed by atoms with E-state index >= 15 is 0 Å². The normalized spacial score (nSPS) is 10.4. The lowest BCUT2D eigenvalue weighted by Gasteiger charge is -2.21. The van der Waals surface area contributed by atoms with Crippen LogP contribution >= 0.6 is 23.6 Å². The van der Waals surface area contributed by atoms with Crippen LogP contribution in [0.3, 0.4) is 0 Å². The van der Waals surface area contributed by atoms with E-state index in [9.17, 15) is 0 Å². The number of anilines is 2. The van der Waals surface area contributed by atoms with Crippen molar-refractivity contribution in [3.8, 4) is 12.3 Å². The number of hydrogen-bond acceptors (Lipinski definition) is 2. The van der Waals surface area contributed by atoms with Gasteiger partial charge in [-0.15, -0.1) is 6.42 Å². The Labute approximate surface area is 151 Å². The van der Waals surface area contributed by atoms with Gasteiger partial charge in [-0.3, -0.25) is 0 Å². The van der Waals surface area contributed by atoms with Crippen molar-refractivity contribution in [3.63, 3.8) is 0 Å². The minimum Gasteiger partial charge on any atom is -0.332 e. The molecule has 3 rings (SSSR count). The van der Waals surface area contributed by atoms with Gasteiger partial charge in [0.05, 0.1) is 0 Å². The molecule has 1 aromatic heterocycles. The number of terminal acetylenes is 1. The summed E-state index contributed by atoms with van der Waals surface area (Å²) in [6.07, 6.45) is 5.46. The van der Waals surface area contributed by atoms with Gasteiger partial charge in [-0.05, 0) is 42.4 Å². The number of nitrogens with zero attached hydrogens (tertiary/aromatic N) is 2. The molecule has 5 heteroatoms. The number of nitrogens with one attached hydrogen (secondary N) is 1. The Balaban J connectivity index is 1.83. The molecule has 0 aliphatic rings. The van der Waals surface area contributed by atoms with Crippen LogP contribution in [-0.4, -0.2) is 12.2 Å². The number of aromatic nitrogens is 1. The van der Waals surface area contributed by atoms with Crippen LogP contribution in [0.1, 0.15) is 5.01 Å². The topological polar surface area (TPSA) is 19.1 Å². The predicted molar refractivity (Wildman–Crippen MR) is 107 cm³/mol. The first-order valence-electron chi connectivity index (χ1n) is 7.56. The predicted octanol–water partition coefficient (Wildman–Crippen LogP) is 3.96. The molecule has 0 saturated heterocycles. The maximum absolute atomic E-state index is 5.52. The molecule has 1 N–H and O–H groups in total. The quantitative estimate of drug-likeness (QED) is 0.437. The monoisotopic (exact) mass is 352 g/mol. The first-order chi connectivity index (χ1) is 11.6. The molecule has 0 fully saturated rings. The molecule has 2 aromatic carbocycles. The van der Waals surface area contributed by atoms with Crippen LogP contribution in [0.25, 0.3) is 10.2 Å². The number of hydrogen-bond donors (Lipinski definition) is 1. The van der Waals surface area contributed by atoms with E-state index in [-0.39, 0.29) is 0 Å². The van der Waals surface area contributed by atoms with Crippen LogP contribution < -0.4 is 14.8 Å². The summed E-state index contributed by atoms with van der Waals surface area (Å²) >= 11 is 7.26. The number of thiazole rings is 1. The van der Waals surface area contributed by atoms with Crippen LogP contribution in [0.2, 0.25) is 0 Å². The summed E-state index contributed by atoms with van der Waals surface area (Å²) in [4.78, 5) is 1.96. The third kappa shape index (κ3) is 3.25. The molecule has 0 radical (unpaired) electrons. The summed E-state index contributed by atoms with van der Waals surface area (Å²) in [7, 11) is 1.96. The lowest BCUT2D eigenvalue weighted by Crippen LogP contribution is -2.34. The summed E-state index contributed by atoms with van der Waals surface area (Å²) in [6, 6.07) is 16.3. The first kappa shape index (κ1) is 16.4. The van der Waals surface area contributed by atoms with Gasteiger partial charge in [0, 0.05) is 31.4 Å². The Bertz CT molecular complexity index is 923. The maximum Gasteiger partial charge on any atom is 0.236 e. The van der Waals surface area contributed by atoms with E-state index < -0.39 is 0 Å². The van der Waals surface area contributed by atoms with E-state index in [1.165, 1.54) is 9.71 Å². The van der Waals surface area contributed by atoms with Crippen molar-refractivity contribution in [2.24, 2.45) is 0 Å². The second kappa shape index (κ2) is 7.00. The van der Waals surface area contributed by atoms with Gasteiger partial charge in [0.25, 0.3) is 0 Å². The van der Waals surface area contributed by atoms with Gasteiger partial charge < -0.3 is 10.2 Å². The summed E-state index contributed by atoms with van der Waals surface area (Å²) < 4.78 is 3.34. The zero-order valence-electron chi connectivity index (χ0n) is 13.6. The molecule has 0 atom stereocenters. The van der Waals surface area contributed by atoms with Gasteiger partial charge in [-0.25, -0.2) is 0 Å². The zero-order chi connectivity index (χ0) is 17.1. The fourth-order valence-electron chi connectivity index (χ4n) is 2.54. The zero-order valence-corrected chi connectivity index (χ0v) is 15.2. The third-order valence-corrected chi connectivity index (χ3v) is 5.28. The fourth-order valence-corrected chi connectivity index (χ4v) is 3.83. The molecule has 24 heavy (non-hydrogen) atoms. The summed E-state index contributed by atoms with van der Waals surface area (Å²) in [6.45, 7) is 2.68. The Kier molecular flexibility index (Phi) is 4.79. The molecule has 1 heterocycles. The number of thiocarbonyl (C=S) groups is 1. The Morgan fingerprint density at radius 1 is 1.29 bits per heavy atom. The van der Waals surface area contributed by atoms with Gasteiger partial charge in [0.1, 0.15) is 4.70 Å². The number of rotatable bonds is 3. The van der Waals surface area contributed by atoms with Gasteiger partial charge in [0.15, 0.2) is 5.11 Å². The number of benzene rings is 2. The molecule has 0 aliphatic heterocycles. The second-order valence-corrected chi connectivity index (χ2v) is 7.04. The van der Waals surface area contributed by atoms with Crippen molar-refractivity contribution in [1.29, 1.82) is 0 Å². The molecule has 0 bridgehead atoms. The van der Waals surface area contributed by atoms with Crippen molar-refractivity contribution in [1.82, 2.24) is 0 Å². The summed E-state index contributed by atoms with van der Waals surface area (Å²) in [5.41, 5.74) is 3.18. The van der Waals surface area contributed by atoms with Crippen molar-refractivity contribution in [2.75, 3.05) is 17.3 Å². The molecule has 0 amide bonds. The molecule has 0 saturated carbocycles. The van der Waals surface area contributed by atoms with Gasteiger partial charge in [0.2, 0.25) is 17.1 Å². The van der Waals surface area contributed by atoms with Crippen molar-refractivity contribution in [2.45, 2.75) is 13.5 Å². The van der Waals surface area contributed by atoms with E-state index in [2.05, 4.69) is 34.9 Å². The molecule has 0 aliphatic carbocycles. The SMILES string of the molecule is C#CC[n+]1c(C)sc2cc(NC(=S)N(C)c3ccccc3)ccc21. The second-order valence-electron chi connectivity index (χ2n) is 5.42. The molecule has 0 spiro atoms. The van der Waals surface area contributed by atoms with Crippen LogP contribution in [0.15, 0.2) is 48.5 Å². The smallest absolute Gasteiger partial charge is 0.236 e. The number of aryl methyl sites for hydroxylation is 1. The highest BCUT2D eigenvalue weighted by atomic mass is 32.1. The average molecular weight is 353 g/mol. The van der Waals surface area contributed by atoms with E-state index in [0.717, 1.165) is 16.9 Å². The lowest BCUT2D eigenvalue weighted by molar-refractivity contribution is -0.660. The summed E-state index contributed by atoms with van der Waals surface area (Å²) in [5.74, 6) is 2.71.